The molecule has 0 aliphatic rings. The van der Waals surface area contributed by atoms with E-state index in [1.54, 1.807) is 6.07 Å². The highest BCUT2D eigenvalue weighted by Crippen LogP contribution is 2.20. The van der Waals surface area contributed by atoms with Crippen LogP contribution in [-0.4, -0.2) is 14.7 Å². The van der Waals surface area contributed by atoms with Gasteiger partial charge in [0.15, 0.2) is 0 Å². The average molecular weight is 279 g/mol. The number of anilines is 1. The van der Waals surface area contributed by atoms with E-state index in [1.165, 1.54) is 12.1 Å². The van der Waals surface area contributed by atoms with Crippen LogP contribution < -0.4 is 10.5 Å². The average Bonchev–Trinajstić information content (AvgIpc) is 2.07. The number of halogens is 1. The Morgan fingerprint density at radius 3 is 2.71 bits per heavy atom. The van der Waals surface area contributed by atoms with E-state index in [4.69, 9.17) is 10.3 Å². The van der Waals surface area contributed by atoms with E-state index in [0.717, 1.165) is 0 Å². The lowest BCUT2D eigenvalue weighted by Gasteiger charge is -2.06. The molecule has 1 rings (SSSR count). The molecule has 1 amide bonds. The predicted molar refractivity (Wildman–Crippen MR) is 57.1 cm³/mol. The van der Waals surface area contributed by atoms with Gasteiger partial charge in [-0.25, -0.2) is 4.21 Å². The quantitative estimate of drug-likeness (QED) is 0.723. The van der Waals surface area contributed by atoms with Gasteiger partial charge >= 0.3 is 0 Å². The SMILES string of the molecule is NC(=O)c1cc(Br)ccc1NS(=O)O. The van der Waals surface area contributed by atoms with E-state index in [9.17, 15) is 9.00 Å². The number of hydrogen-bond acceptors (Lipinski definition) is 2. The Balaban J connectivity index is 3.14. The molecule has 0 aliphatic heterocycles. The Labute approximate surface area is 91.2 Å². The predicted octanol–water partition coefficient (Wildman–Crippen LogP) is 1.10. The van der Waals surface area contributed by atoms with Gasteiger partial charge in [0.05, 0.1) is 11.3 Å². The molecule has 0 saturated heterocycles. The van der Waals surface area contributed by atoms with Crippen molar-refractivity contribution >= 4 is 38.8 Å². The van der Waals surface area contributed by atoms with Crippen molar-refractivity contribution in [3.63, 3.8) is 0 Å². The molecule has 1 unspecified atom stereocenters. The molecule has 0 spiro atoms. The van der Waals surface area contributed by atoms with Crippen LogP contribution in [0.25, 0.3) is 0 Å². The van der Waals surface area contributed by atoms with Gasteiger partial charge in [-0.2, -0.15) is 0 Å². The minimum atomic E-state index is -2.22. The number of benzene rings is 1. The fourth-order valence-corrected chi connectivity index (χ4v) is 1.63. The molecule has 0 bridgehead atoms. The number of carbonyl (C=O) groups excluding carboxylic acids is 1. The van der Waals surface area contributed by atoms with Crippen molar-refractivity contribution in [2.75, 3.05) is 4.72 Å². The molecule has 14 heavy (non-hydrogen) atoms. The summed E-state index contributed by atoms with van der Waals surface area (Å²) in [5.74, 6) is -0.667. The first-order chi connectivity index (χ1) is 6.50. The zero-order valence-electron chi connectivity index (χ0n) is 6.86. The molecule has 1 atom stereocenters. The highest BCUT2D eigenvalue weighted by Gasteiger charge is 2.09. The van der Waals surface area contributed by atoms with Crippen molar-refractivity contribution in [3.05, 3.63) is 28.2 Å². The van der Waals surface area contributed by atoms with E-state index in [-0.39, 0.29) is 11.3 Å². The molecule has 0 aliphatic carbocycles. The molecule has 1 aromatic rings. The lowest BCUT2D eigenvalue weighted by Crippen LogP contribution is -2.15. The van der Waals surface area contributed by atoms with E-state index in [0.29, 0.717) is 4.47 Å². The Kier molecular flexibility index (Phi) is 3.62. The topological polar surface area (TPSA) is 92.4 Å². The highest BCUT2D eigenvalue weighted by molar-refractivity contribution is 9.10. The summed E-state index contributed by atoms with van der Waals surface area (Å²) in [6, 6.07) is 4.58. The maximum Gasteiger partial charge on any atom is 0.259 e. The largest absolute Gasteiger partial charge is 0.366 e. The maximum atomic E-state index is 10.9. The van der Waals surface area contributed by atoms with Gasteiger partial charge in [-0.1, -0.05) is 15.9 Å². The van der Waals surface area contributed by atoms with Gasteiger partial charge in [0.1, 0.15) is 0 Å². The summed E-state index contributed by atoms with van der Waals surface area (Å²) in [6.07, 6.45) is 0. The van der Waals surface area contributed by atoms with Crippen molar-refractivity contribution < 1.29 is 13.6 Å². The molecule has 7 heteroatoms. The van der Waals surface area contributed by atoms with Crippen LogP contribution in [0.3, 0.4) is 0 Å². The zero-order chi connectivity index (χ0) is 10.7. The number of amides is 1. The van der Waals surface area contributed by atoms with Crippen LogP contribution >= 0.6 is 15.9 Å². The lowest BCUT2D eigenvalue weighted by atomic mass is 10.2. The van der Waals surface area contributed by atoms with Crippen molar-refractivity contribution in [3.8, 4) is 0 Å². The zero-order valence-corrected chi connectivity index (χ0v) is 9.26. The molecule has 0 fully saturated rings. The first-order valence-corrected chi connectivity index (χ1v) is 5.37. The van der Waals surface area contributed by atoms with Crippen molar-refractivity contribution in [2.24, 2.45) is 5.73 Å². The van der Waals surface area contributed by atoms with Gasteiger partial charge < -0.3 is 5.73 Å². The molecule has 4 N–H and O–H groups in total. The van der Waals surface area contributed by atoms with Gasteiger partial charge in [0, 0.05) is 4.47 Å². The summed E-state index contributed by atoms with van der Waals surface area (Å²) in [4.78, 5) is 10.9. The smallest absolute Gasteiger partial charge is 0.259 e. The molecule has 0 heterocycles. The van der Waals surface area contributed by atoms with Gasteiger partial charge in [-0.15, -0.1) is 0 Å². The van der Waals surface area contributed by atoms with Crippen LogP contribution in [0, 0.1) is 0 Å². The molecule has 5 nitrogen and oxygen atoms in total. The third-order valence-electron chi connectivity index (χ3n) is 1.44. The second kappa shape index (κ2) is 4.54. The van der Waals surface area contributed by atoms with Crippen LogP contribution in [-0.2, 0) is 11.3 Å². The normalized spacial score (nSPS) is 12.1. The summed E-state index contributed by atoms with van der Waals surface area (Å²) in [6.45, 7) is 0. The molecule has 1 aromatic carbocycles. The van der Waals surface area contributed by atoms with E-state index in [1.807, 2.05) is 0 Å². The van der Waals surface area contributed by atoms with Crippen LogP contribution in [0.15, 0.2) is 22.7 Å². The van der Waals surface area contributed by atoms with Crippen LogP contribution in [0.1, 0.15) is 10.4 Å². The van der Waals surface area contributed by atoms with Crippen molar-refractivity contribution in [2.45, 2.75) is 0 Å². The molecule has 0 saturated carbocycles. The van der Waals surface area contributed by atoms with Crippen molar-refractivity contribution in [1.82, 2.24) is 0 Å². The molecule has 76 valence electrons. The Hall–Kier alpha value is -0.920. The van der Waals surface area contributed by atoms with Gasteiger partial charge in [-0.3, -0.25) is 14.1 Å². The van der Waals surface area contributed by atoms with E-state index in [2.05, 4.69) is 20.7 Å². The first kappa shape index (κ1) is 11.2. The monoisotopic (exact) mass is 278 g/mol. The number of nitrogens with two attached hydrogens (primary N) is 1. The second-order valence-corrected chi connectivity index (χ2v) is 4.02. The van der Waals surface area contributed by atoms with Crippen LogP contribution in [0.5, 0.6) is 0 Å². The standard InChI is InChI=1S/C7H7BrN2O3S/c8-4-1-2-6(10-14(12)13)5(3-4)7(9)11/h1-3,10H,(H2,9,11)(H,12,13). The second-order valence-electron chi connectivity index (χ2n) is 2.41. The number of primary amides is 1. The summed E-state index contributed by atoms with van der Waals surface area (Å²) in [5.41, 5.74) is 5.46. The number of nitrogens with one attached hydrogen (secondary N) is 1. The van der Waals surface area contributed by atoms with E-state index >= 15 is 0 Å². The fourth-order valence-electron chi connectivity index (χ4n) is 0.903. The fraction of sp³-hybridized carbons (Fsp3) is 0. The summed E-state index contributed by atoms with van der Waals surface area (Å²) < 4.78 is 21.9. The van der Waals surface area contributed by atoms with Gasteiger partial charge in [0.2, 0.25) is 0 Å². The van der Waals surface area contributed by atoms with Gasteiger partial charge in [0.25, 0.3) is 17.2 Å². The Morgan fingerprint density at radius 1 is 1.57 bits per heavy atom. The first-order valence-electron chi connectivity index (χ1n) is 3.47. The molecular formula is C7H7BrN2O3S. The maximum absolute atomic E-state index is 10.9. The molecule has 0 aromatic heterocycles. The van der Waals surface area contributed by atoms with E-state index < -0.39 is 17.2 Å². The van der Waals surface area contributed by atoms with Crippen LogP contribution in [0.4, 0.5) is 5.69 Å². The van der Waals surface area contributed by atoms with Crippen LogP contribution in [0.2, 0.25) is 0 Å². The van der Waals surface area contributed by atoms with Gasteiger partial charge in [-0.05, 0) is 18.2 Å². The Bertz CT molecular complexity index is 397. The molecular weight excluding hydrogens is 272 g/mol. The minimum absolute atomic E-state index is 0.154. The summed E-state index contributed by atoms with van der Waals surface area (Å²) >= 11 is 0.934. The Morgan fingerprint density at radius 2 is 2.21 bits per heavy atom. The number of rotatable bonds is 3. The summed E-state index contributed by atoms with van der Waals surface area (Å²) in [5, 5.41) is 0. The summed E-state index contributed by atoms with van der Waals surface area (Å²) in [7, 11) is 0. The lowest BCUT2D eigenvalue weighted by molar-refractivity contribution is 0.100. The highest BCUT2D eigenvalue weighted by atomic mass is 79.9. The minimum Gasteiger partial charge on any atom is -0.366 e. The number of carbonyl (C=O) groups is 1. The third kappa shape index (κ3) is 2.79. The third-order valence-corrected chi connectivity index (χ3v) is 2.33. The molecule has 0 radical (unpaired) electrons. The van der Waals surface area contributed by atoms with Crippen molar-refractivity contribution in [1.29, 1.82) is 0 Å². The number of hydrogen-bond donors (Lipinski definition) is 3.